The first kappa shape index (κ1) is 29.2. The van der Waals surface area contributed by atoms with Gasteiger partial charge in [0.05, 0.1) is 16.7 Å². The van der Waals surface area contributed by atoms with Crippen LogP contribution in [0.1, 0.15) is 23.6 Å². The van der Waals surface area contributed by atoms with Crippen molar-refractivity contribution in [2.75, 3.05) is 16.0 Å². The number of benzene rings is 4. The lowest BCUT2D eigenvalue weighted by molar-refractivity contribution is -0.384. The minimum atomic E-state index is -0.454. The number of hydrazone groups is 1. The Morgan fingerprint density at radius 1 is 0.778 bits per heavy atom. The van der Waals surface area contributed by atoms with Gasteiger partial charge in [0, 0.05) is 29.9 Å². The molecule has 1 atom stereocenters. The predicted octanol–water partition coefficient (Wildman–Crippen LogP) is 7.09. The number of rotatable bonds is 8. The van der Waals surface area contributed by atoms with E-state index in [1.165, 1.54) is 60.7 Å². The molecule has 1 aromatic heterocycles. The van der Waals surface area contributed by atoms with Gasteiger partial charge in [0.15, 0.2) is 5.11 Å². The summed E-state index contributed by atoms with van der Waals surface area (Å²) in [6.07, 6.45) is 0.482. The van der Waals surface area contributed by atoms with Crippen molar-refractivity contribution in [3.8, 4) is 0 Å². The van der Waals surface area contributed by atoms with Gasteiger partial charge in [-0.1, -0.05) is 42.5 Å². The van der Waals surface area contributed by atoms with Crippen LogP contribution in [0.25, 0.3) is 0 Å². The van der Waals surface area contributed by atoms with Gasteiger partial charge in [-0.3, -0.25) is 15.4 Å². The number of halogens is 2. The Bertz CT molecular complexity index is 1810. The maximum Gasteiger partial charge on any atom is 0.269 e. The van der Waals surface area contributed by atoms with Crippen molar-refractivity contribution in [3.63, 3.8) is 0 Å². The monoisotopic (exact) mass is 623 g/mol. The molecule has 0 aliphatic carbocycles. The van der Waals surface area contributed by atoms with E-state index in [-0.39, 0.29) is 34.7 Å². The zero-order valence-corrected chi connectivity index (χ0v) is 24.1. The lowest BCUT2D eigenvalue weighted by Crippen LogP contribution is -2.32. The minimum Gasteiger partial charge on any atom is -0.324 e. The van der Waals surface area contributed by atoms with Crippen LogP contribution in [0.3, 0.4) is 0 Å². The zero-order valence-electron chi connectivity index (χ0n) is 23.3. The summed E-state index contributed by atoms with van der Waals surface area (Å²) in [5.74, 6) is -0.492. The molecule has 11 nitrogen and oxygen atoms in total. The van der Waals surface area contributed by atoms with Gasteiger partial charge >= 0.3 is 0 Å². The number of nitro benzene ring substituents is 1. The van der Waals surface area contributed by atoms with E-state index >= 15 is 0 Å². The fraction of sp³-hybridized carbons (Fsp3) is 0.0645. The van der Waals surface area contributed by atoms with Crippen molar-refractivity contribution in [3.05, 3.63) is 136 Å². The minimum absolute atomic E-state index is 0.0271. The summed E-state index contributed by atoms with van der Waals surface area (Å²) in [5.41, 5.74) is 3.48. The third-order valence-electron chi connectivity index (χ3n) is 6.77. The average Bonchev–Trinajstić information content (AvgIpc) is 3.50. The Kier molecular flexibility index (Phi) is 8.28. The summed E-state index contributed by atoms with van der Waals surface area (Å²) in [5, 5.41) is 26.9. The average molecular weight is 624 g/mol. The second-order valence-electron chi connectivity index (χ2n) is 9.83. The van der Waals surface area contributed by atoms with E-state index in [2.05, 4.69) is 30.9 Å². The fourth-order valence-corrected chi connectivity index (χ4v) is 4.86. The molecular weight excluding hydrogens is 600 g/mol. The van der Waals surface area contributed by atoms with Gasteiger partial charge in [0.2, 0.25) is 17.8 Å². The maximum absolute atomic E-state index is 13.5. The summed E-state index contributed by atoms with van der Waals surface area (Å²) in [4.78, 5) is 24.1. The molecular formula is C31H23F2N9O2S. The summed E-state index contributed by atoms with van der Waals surface area (Å²) in [6.45, 7) is 0. The van der Waals surface area contributed by atoms with Crippen LogP contribution in [-0.2, 0) is 0 Å². The Morgan fingerprint density at radius 3 is 1.84 bits per heavy atom. The van der Waals surface area contributed by atoms with Crippen LogP contribution < -0.4 is 16.0 Å². The Labute approximate surface area is 260 Å². The zero-order chi connectivity index (χ0) is 31.3. The molecule has 0 saturated carbocycles. The number of nitro groups is 1. The number of anilines is 5. The third-order valence-corrected chi connectivity index (χ3v) is 7.06. The number of aromatic nitrogens is 3. The topological polar surface area (TPSA) is 134 Å². The first-order valence-electron chi connectivity index (χ1n) is 13.6. The van der Waals surface area contributed by atoms with Crippen molar-refractivity contribution in [2.45, 2.75) is 12.5 Å². The van der Waals surface area contributed by atoms with Gasteiger partial charge in [-0.15, -0.1) is 0 Å². The first-order chi connectivity index (χ1) is 21.8. The molecule has 14 heteroatoms. The molecule has 0 spiro atoms. The van der Waals surface area contributed by atoms with Crippen LogP contribution in [0.2, 0.25) is 0 Å². The lowest BCUT2D eigenvalue weighted by Gasteiger charge is -2.24. The summed E-state index contributed by atoms with van der Waals surface area (Å²) in [6, 6.07) is 26.8. The van der Waals surface area contributed by atoms with Crippen molar-refractivity contribution in [1.29, 1.82) is 0 Å². The molecule has 45 heavy (non-hydrogen) atoms. The summed E-state index contributed by atoms with van der Waals surface area (Å²) in [7, 11) is 0. The van der Waals surface area contributed by atoms with Crippen LogP contribution in [0.4, 0.5) is 43.7 Å². The normalized spacial score (nSPS) is 14.0. The van der Waals surface area contributed by atoms with Gasteiger partial charge < -0.3 is 10.6 Å². The Balaban J connectivity index is 1.31. The van der Waals surface area contributed by atoms with E-state index in [4.69, 9.17) is 17.3 Å². The number of nitrogens with one attached hydrogen (secondary N) is 3. The van der Waals surface area contributed by atoms with Crippen molar-refractivity contribution < 1.29 is 13.7 Å². The van der Waals surface area contributed by atoms with Crippen molar-refractivity contribution in [2.24, 2.45) is 5.10 Å². The number of hydrogen-bond acceptors (Lipinski definition) is 9. The molecule has 1 unspecified atom stereocenters. The Hall–Kier alpha value is -5.89. The van der Waals surface area contributed by atoms with Gasteiger partial charge in [0.1, 0.15) is 11.6 Å². The fourth-order valence-electron chi connectivity index (χ4n) is 4.60. The van der Waals surface area contributed by atoms with Gasteiger partial charge in [-0.05, 0) is 71.9 Å². The van der Waals surface area contributed by atoms with E-state index < -0.39 is 16.6 Å². The smallest absolute Gasteiger partial charge is 0.269 e. The lowest BCUT2D eigenvalue weighted by atomic mass is 9.98. The van der Waals surface area contributed by atoms with E-state index in [9.17, 15) is 18.9 Å². The van der Waals surface area contributed by atoms with Crippen LogP contribution in [0.5, 0.6) is 0 Å². The largest absolute Gasteiger partial charge is 0.324 e. The highest BCUT2D eigenvalue weighted by Gasteiger charge is 2.32. The van der Waals surface area contributed by atoms with Crippen molar-refractivity contribution in [1.82, 2.24) is 20.0 Å². The van der Waals surface area contributed by atoms with E-state index in [1.54, 1.807) is 17.1 Å². The van der Waals surface area contributed by atoms with Gasteiger partial charge in [-0.25, -0.2) is 13.8 Å². The molecule has 1 aliphatic rings. The van der Waals surface area contributed by atoms with Gasteiger partial charge in [-0.2, -0.15) is 20.1 Å². The van der Waals surface area contributed by atoms with E-state index in [0.717, 1.165) is 16.8 Å². The summed E-state index contributed by atoms with van der Waals surface area (Å²) < 4.78 is 27.0. The number of hydrogen-bond donors (Lipinski definition) is 3. The standard InChI is InChI=1S/C31H23F2N9O2S/c32-21-8-12-23(13-9-21)34-28-36-29(35-24-14-10-22(33)11-15-24)38-30(37-28)39-31(45)41-27(20-6-16-25(17-7-20)42(43)44)18-26(40-41)19-4-2-1-3-5-19/h1-17,27H,18H2,(H3,34,35,36,37,38,39,45). The highest BCUT2D eigenvalue weighted by Crippen LogP contribution is 2.34. The molecule has 2 heterocycles. The Morgan fingerprint density at radius 2 is 1.31 bits per heavy atom. The van der Waals surface area contributed by atoms with E-state index in [0.29, 0.717) is 17.8 Å². The highest BCUT2D eigenvalue weighted by molar-refractivity contribution is 7.80. The molecule has 0 saturated heterocycles. The second kappa shape index (κ2) is 12.8. The SMILES string of the molecule is O=[N+]([O-])c1ccc(C2CC(c3ccccc3)=NN2C(=S)Nc2nc(Nc3ccc(F)cc3)nc(Nc3ccc(F)cc3)n2)cc1. The molecule has 0 bridgehead atoms. The van der Waals surface area contributed by atoms with Crippen LogP contribution in [0, 0.1) is 21.7 Å². The van der Waals surface area contributed by atoms with Crippen LogP contribution in [0.15, 0.2) is 108 Å². The van der Waals surface area contributed by atoms with Crippen LogP contribution in [-0.4, -0.2) is 35.7 Å². The highest BCUT2D eigenvalue weighted by atomic mass is 32.1. The van der Waals surface area contributed by atoms with Gasteiger partial charge in [0.25, 0.3) is 5.69 Å². The molecule has 3 N–H and O–H groups in total. The molecule has 0 fully saturated rings. The molecule has 6 rings (SSSR count). The number of non-ortho nitro benzene ring substituents is 1. The number of nitrogens with zero attached hydrogens (tertiary/aromatic N) is 6. The quantitative estimate of drug-likeness (QED) is 0.0934. The molecule has 0 radical (unpaired) electrons. The molecule has 224 valence electrons. The third kappa shape index (κ3) is 7.02. The van der Waals surface area contributed by atoms with E-state index in [1.807, 2.05) is 30.3 Å². The molecule has 5 aromatic rings. The van der Waals surface area contributed by atoms with Crippen LogP contribution >= 0.6 is 12.2 Å². The van der Waals surface area contributed by atoms with Crippen molar-refractivity contribution >= 4 is 57.9 Å². The second-order valence-corrected chi connectivity index (χ2v) is 10.2. The first-order valence-corrected chi connectivity index (χ1v) is 14.0. The maximum atomic E-state index is 13.5. The molecule has 4 aromatic carbocycles. The molecule has 1 aliphatic heterocycles. The summed E-state index contributed by atoms with van der Waals surface area (Å²) >= 11 is 5.79. The molecule has 0 amide bonds. The number of thiocarbonyl (C=S) groups is 1. The predicted molar refractivity (Wildman–Crippen MR) is 171 cm³/mol.